The van der Waals surface area contributed by atoms with Crippen molar-refractivity contribution in [1.29, 1.82) is 0 Å². The van der Waals surface area contributed by atoms with Crippen molar-refractivity contribution < 1.29 is 33.6 Å². The van der Waals surface area contributed by atoms with Gasteiger partial charge in [-0.05, 0) is 5.56 Å². The Kier molecular flexibility index (Phi) is 8.21. The molecular weight excluding hydrogens is 340 g/mol. The second-order valence-electron chi connectivity index (χ2n) is 5.88. The molecule has 0 radical (unpaired) electrons. The van der Waals surface area contributed by atoms with Gasteiger partial charge in [0.15, 0.2) is 12.4 Å². The Morgan fingerprint density at radius 2 is 1.96 bits per heavy atom. The van der Waals surface area contributed by atoms with E-state index in [-0.39, 0.29) is 13.2 Å². The molecule has 0 saturated carbocycles. The van der Waals surface area contributed by atoms with Crippen molar-refractivity contribution in [3.63, 3.8) is 0 Å². The molecule has 7 heteroatoms. The molecule has 1 N–H and O–H groups in total. The molecule has 144 valence electrons. The molecule has 1 saturated heterocycles. The lowest BCUT2D eigenvalue weighted by Crippen LogP contribution is -2.61. The summed E-state index contributed by atoms with van der Waals surface area (Å²) in [6.45, 7) is 5.17. The average Bonchev–Trinajstić information content (AvgIpc) is 2.65. The maximum atomic E-state index is 11.5. The van der Waals surface area contributed by atoms with Crippen LogP contribution in [0, 0.1) is 0 Å². The number of rotatable bonds is 9. The van der Waals surface area contributed by atoms with Gasteiger partial charge < -0.3 is 28.8 Å². The van der Waals surface area contributed by atoms with E-state index in [2.05, 4.69) is 6.58 Å². The lowest BCUT2D eigenvalue weighted by molar-refractivity contribution is -0.311. The molecule has 2 rings (SSSR count). The standard InChI is InChI=1S/C19H26O7/c1-4-10-23-17-16(24-12-14-8-6-5-7-9-14)15(11-20)26-19(22-3)18(17)25-13(2)21/h4-9,15-20H,1,10-12H2,2-3H3/t15-,16-,17+,18+,19+/m1/s1. The molecule has 1 aromatic carbocycles. The molecule has 1 aliphatic heterocycles. The van der Waals surface area contributed by atoms with E-state index in [1.165, 1.54) is 14.0 Å². The Balaban J connectivity index is 2.22. The number of esters is 1. The molecule has 0 amide bonds. The van der Waals surface area contributed by atoms with Gasteiger partial charge in [0.25, 0.3) is 0 Å². The van der Waals surface area contributed by atoms with Crippen LogP contribution in [0.2, 0.25) is 0 Å². The minimum atomic E-state index is -0.873. The van der Waals surface area contributed by atoms with Crippen LogP contribution in [-0.4, -0.2) is 62.1 Å². The van der Waals surface area contributed by atoms with E-state index in [1.54, 1.807) is 6.08 Å². The first-order valence-corrected chi connectivity index (χ1v) is 8.45. The fourth-order valence-corrected chi connectivity index (χ4v) is 2.87. The number of carbonyl (C=O) groups is 1. The average molecular weight is 366 g/mol. The Hall–Kier alpha value is -1.77. The van der Waals surface area contributed by atoms with Crippen LogP contribution < -0.4 is 0 Å². The second-order valence-corrected chi connectivity index (χ2v) is 5.88. The van der Waals surface area contributed by atoms with Crippen LogP contribution in [0.5, 0.6) is 0 Å². The van der Waals surface area contributed by atoms with Crippen LogP contribution in [0.4, 0.5) is 0 Å². The highest BCUT2D eigenvalue weighted by Gasteiger charge is 2.49. The summed E-state index contributed by atoms with van der Waals surface area (Å²) in [6, 6.07) is 9.60. The largest absolute Gasteiger partial charge is 0.454 e. The molecule has 1 heterocycles. The van der Waals surface area contributed by atoms with Gasteiger partial charge in [-0.1, -0.05) is 36.4 Å². The number of hydrogen-bond acceptors (Lipinski definition) is 7. The van der Waals surface area contributed by atoms with Gasteiger partial charge in [-0.3, -0.25) is 4.79 Å². The van der Waals surface area contributed by atoms with Crippen LogP contribution in [0.3, 0.4) is 0 Å². The van der Waals surface area contributed by atoms with Crippen molar-refractivity contribution >= 4 is 5.97 Å². The molecule has 0 bridgehead atoms. The Labute approximate surface area is 153 Å². The molecule has 1 fully saturated rings. The molecule has 26 heavy (non-hydrogen) atoms. The van der Waals surface area contributed by atoms with E-state index in [9.17, 15) is 9.90 Å². The minimum absolute atomic E-state index is 0.224. The molecule has 0 spiro atoms. The first-order chi connectivity index (χ1) is 12.6. The first-order valence-electron chi connectivity index (χ1n) is 8.45. The zero-order valence-electron chi connectivity index (χ0n) is 15.1. The summed E-state index contributed by atoms with van der Waals surface area (Å²) in [4.78, 5) is 11.5. The van der Waals surface area contributed by atoms with Crippen molar-refractivity contribution in [3.8, 4) is 0 Å². The number of carbonyl (C=O) groups excluding carboxylic acids is 1. The summed E-state index contributed by atoms with van der Waals surface area (Å²) in [5, 5.41) is 9.74. The monoisotopic (exact) mass is 366 g/mol. The summed E-state index contributed by atoms with van der Waals surface area (Å²) in [5.41, 5.74) is 0.963. The van der Waals surface area contributed by atoms with Crippen LogP contribution in [0.15, 0.2) is 43.0 Å². The fraction of sp³-hybridized carbons (Fsp3) is 0.526. The quantitative estimate of drug-likeness (QED) is 0.523. The third kappa shape index (κ3) is 5.36. The van der Waals surface area contributed by atoms with E-state index < -0.39 is 36.7 Å². The molecule has 7 nitrogen and oxygen atoms in total. The predicted octanol–water partition coefficient (Wildman–Crippen LogP) is 1.44. The summed E-state index contributed by atoms with van der Waals surface area (Å²) >= 11 is 0. The summed E-state index contributed by atoms with van der Waals surface area (Å²) < 4.78 is 28.2. The number of methoxy groups -OCH3 is 1. The smallest absolute Gasteiger partial charge is 0.303 e. The van der Waals surface area contributed by atoms with Crippen molar-refractivity contribution in [1.82, 2.24) is 0 Å². The van der Waals surface area contributed by atoms with E-state index in [4.69, 9.17) is 23.7 Å². The van der Waals surface area contributed by atoms with Gasteiger partial charge in [0, 0.05) is 14.0 Å². The van der Waals surface area contributed by atoms with Gasteiger partial charge >= 0.3 is 5.97 Å². The second kappa shape index (κ2) is 10.4. The number of aliphatic hydroxyl groups excluding tert-OH is 1. The Bertz CT molecular complexity index is 562. The first kappa shape index (κ1) is 20.5. The molecule has 1 aromatic rings. The fourth-order valence-electron chi connectivity index (χ4n) is 2.87. The summed E-state index contributed by atoms with van der Waals surface area (Å²) in [7, 11) is 1.44. The molecular formula is C19H26O7. The summed E-state index contributed by atoms with van der Waals surface area (Å²) in [6.07, 6.45) is -2.15. The summed E-state index contributed by atoms with van der Waals surface area (Å²) in [5.74, 6) is -0.489. The number of ether oxygens (including phenoxy) is 5. The van der Waals surface area contributed by atoms with Gasteiger partial charge in [0.1, 0.15) is 18.3 Å². The van der Waals surface area contributed by atoms with E-state index >= 15 is 0 Å². The molecule has 1 aliphatic rings. The van der Waals surface area contributed by atoms with Crippen LogP contribution in [-0.2, 0) is 35.1 Å². The van der Waals surface area contributed by atoms with Crippen molar-refractivity contribution in [2.45, 2.75) is 44.2 Å². The number of aliphatic hydroxyl groups is 1. The van der Waals surface area contributed by atoms with Gasteiger partial charge in [0.05, 0.1) is 19.8 Å². The Morgan fingerprint density at radius 3 is 2.54 bits per heavy atom. The number of hydrogen-bond donors (Lipinski definition) is 1. The SMILES string of the molecule is C=CCO[C@@H]1[C@H](OC(C)=O)[C@@H](OC)O[C@H](CO)[C@H]1OCc1ccccc1. The van der Waals surface area contributed by atoms with Crippen molar-refractivity contribution in [3.05, 3.63) is 48.6 Å². The molecule has 0 aliphatic carbocycles. The van der Waals surface area contributed by atoms with E-state index in [0.29, 0.717) is 6.61 Å². The van der Waals surface area contributed by atoms with Gasteiger partial charge in [-0.25, -0.2) is 0 Å². The van der Waals surface area contributed by atoms with Gasteiger partial charge in [-0.2, -0.15) is 0 Å². The maximum absolute atomic E-state index is 11.5. The highest BCUT2D eigenvalue weighted by Crippen LogP contribution is 2.29. The molecule has 0 unspecified atom stereocenters. The molecule has 0 aromatic heterocycles. The zero-order valence-corrected chi connectivity index (χ0v) is 15.1. The van der Waals surface area contributed by atoms with E-state index in [1.807, 2.05) is 30.3 Å². The lowest BCUT2D eigenvalue weighted by Gasteiger charge is -2.44. The maximum Gasteiger partial charge on any atom is 0.303 e. The van der Waals surface area contributed by atoms with E-state index in [0.717, 1.165) is 5.56 Å². The third-order valence-electron chi connectivity index (χ3n) is 4.00. The van der Waals surface area contributed by atoms with Crippen molar-refractivity contribution in [2.75, 3.05) is 20.3 Å². The minimum Gasteiger partial charge on any atom is -0.454 e. The Morgan fingerprint density at radius 1 is 1.23 bits per heavy atom. The van der Waals surface area contributed by atoms with Gasteiger partial charge in [-0.15, -0.1) is 6.58 Å². The highest BCUT2D eigenvalue weighted by atomic mass is 16.7. The zero-order chi connectivity index (χ0) is 18.9. The predicted molar refractivity (Wildman–Crippen MR) is 93.3 cm³/mol. The highest BCUT2D eigenvalue weighted by molar-refractivity contribution is 5.66. The van der Waals surface area contributed by atoms with Gasteiger partial charge in [0.2, 0.25) is 0 Å². The topological polar surface area (TPSA) is 83.5 Å². The third-order valence-corrected chi connectivity index (χ3v) is 4.00. The van der Waals surface area contributed by atoms with Crippen LogP contribution >= 0.6 is 0 Å². The molecule has 5 atom stereocenters. The normalized spacial score (nSPS) is 28.5. The van der Waals surface area contributed by atoms with Crippen molar-refractivity contribution in [2.24, 2.45) is 0 Å². The number of benzene rings is 1. The van der Waals surface area contributed by atoms with Crippen LogP contribution in [0.25, 0.3) is 0 Å². The lowest BCUT2D eigenvalue weighted by atomic mass is 9.98. The van der Waals surface area contributed by atoms with Crippen LogP contribution in [0.1, 0.15) is 12.5 Å².